The smallest absolute Gasteiger partial charge is 0.256 e. The second-order valence-electron chi connectivity index (χ2n) is 7.01. The van der Waals surface area contributed by atoms with E-state index in [0.717, 1.165) is 30.1 Å². The van der Waals surface area contributed by atoms with Gasteiger partial charge in [-0.05, 0) is 38.1 Å². The summed E-state index contributed by atoms with van der Waals surface area (Å²) in [6.07, 6.45) is 5.00. The number of nitrogens with two attached hydrogens (primary N) is 1. The van der Waals surface area contributed by atoms with E-state index in [1.54, 1.807) is 24.4 Å². The zero-order chi connectivity index (χ0) is 22.7. The van der Waals surface area contributed by atoms with E-state index in [-0.39, 0.29) is 5.91 Å². The summed E-state index contributed by atoms with van der Waals surface area (Å²) < 4.78 is 1.95. The molecule has 9 nitrogen and oxygen atoms in total. The van der Waals surface area contributed by atoms with E-state index < -0.39 is 0 Å². The number of rotatable bonds is 6. The van der Waals surface area contributed by atoms with Gasteiger partial charge in [-0.2, -0.15) is 0 Å². The number of hydrogen-bond acceptors (Lipinski definition) is 6. The number of benzene rings is 1. The van der Waals surface area contributed by atoms with E-state index in [4.69, 9.17) is 17.3 Å². The second-order valence-corrected chi connectivity index (χ2v) is 7.01. The number of pyridine rings is 1. The molecule has 0 spiro atoms. The summed E-state index contributed by atoms with van der Waals surface area (Å²) in [4.78, 5) is 31.3. The third-order valence-corrected chi connectivity index (χ3v) is 5.15. The number of amides is 1. The fraction of sp³-hybridized carbons (Fsp3) is 0.174. The molecule has 0 aliphatic carbocycles. The summed E-state index contributed by atoms with van der Waals surface area (Å²) in [7, 11) is 0. The average Bonchev–Trinajstić information content (AvgIpc) is 3.21. The molecule has 0 saturated heterocycles. The highest BCUT2D eigenvalue weighted by molar-refractivity contribution is 6.04. The van der Waals surface area contributed by atoms with Gasteiger partial charge in [-0.15, -0.1) is 0 Å². The minimum atomic E-state index is -0.314. The summed E-state index contributed by atoms with van der Waals surface area (Å²) in [5.74, 6) is 1.20. The number of carbonyl (C=O) groups excluding carboxylic acids is 1. The first kappa shape index (κ1) is 20.8. The van der Waals surface area contributed by atoms with Crippen molar-refractivity contribution in [1.29, 1.82) is 0 Å². The van der Waals surface area contributed by atoms with Crippen LogP contribution in [0.15, 0.2) is 55.0 Å². The molecule has 9 heteroatoms. The van der Waals surface area contributed by atoms with Crippen LogP contribution in [0.4, 0.5) is 23.3 Å². The molecule has 1 amide bonds. The fourth-order valence-electron chi connectivity index (χ4n) is 3.50. The third kappa shape index (κ3) is 3.81. The molecule has 0 radical (unpaired) electrons. The number of nitrogens with zero attached hydrogens (tertiary/aromatic N) is 6. The SMILES string of the molecule is [C-]#[N+]c1ccnc(NC(=O)c2ccc(-c3nc(N(CC)CC)n4ccnc(N)c34)cc2)c1. The van der Waals surface area contributed by atoms with Crippen LogP contribution in [0.2, 0.25) is 0 Å². The van der Waals surface area contributed by atoms with Crippen LogP contribution in [0, 0.1) is 6.57 Å². The van der Waals surface area contributed by atoms with E-state index in [2.05, 4.69) is 38.9 Å². The largest absolute Gasteiger partial charge is 0.382 e. The van der Waals surface area contributed by atoms with Gasteiger partial charge in [-0.25, -0.2) is 19.8 Å². The lowest BCUT2D eigenvalue weighted by molar-refractivity contribution is 0.102. The van der Waals surface area contributed by atoms with Crippen LogP contribution in [0.5, 0.6) is 0 Å². The highest BCUT2D eigenvalue weighted by atomic mass is 16.1. The maximum Gasteiger partial charge on any atom is 0.256 e. The Morgan fingerprint density at radius 1 is 1.16 bits per heavy atom. The van der Waals surface area contributed by atoms with E-state index in [9.17, 15) is 4.79 Å². The lowest BCUT2D eigenvalue weighted by Gasteiger charge is -2.18. The Bertz CT molecular complexity index is 1320. The Morgan fingerprint density at radius 3 is 2.59 bits per heavy atom. The highest BCUT2D eigenvalue weighted by Crippen LogP contribution is 2.31. The molecule has 3 aromatic heterocycles. The maximum atomic E-state index is 12.6. The predicted molar refractivity (Wildman–Crippen MR) is 125 cm³/mol. The van der Waals surface area contributed by atoms with Gasteiger partial charge < -0.3 is 16.0 Å². The maximum absolute atomic E-state index is 12.6. The lowest BCUT2D eigenvalue weighted by atomic mass is 10.1. The molecule has 4 aromatic rings. The molecule has 3 heterocycles. The van der Waals surface area contributed by atoms with Crippen molar-refractivity contribution < 1.29 is 4.79 Å². The lowest BCUT2D eigenvalue weighted by Crippen LogP contribution is -2.24. The molecule has 0 atom stereocenters. The van der Waals surface area contributed by atoms with Crippen LogP contribution in [-0.2, 0) is 0 Å². The van der Waals surface area contributed by atoms with Gasteiger partial charge in [0.1, 0.15) is 22.8 Å². The van der Waals surface area contributed by atoms with Crippen LogP contribution >= 0.6 is 0 Å². The Hall–Kier alpha value is -4.45. The molecule has 0 aliphatic heterocycles. The van der Waals surface area contributed by atoms with Gasteiger partial charge in [-0.3, -0.25) is 9.20 Å². The summed E-state index contributed by atoms with van der Waals surface area (Å²) in [5.41, 5.74) is 9.32. The van der Waals surface area contributed by atoms with Gasteiger partial charge in [0.15, 0.2) is 5.69 Å². The zero-order valence-electron chi connectivity index (χ0n) is 17.8. The van der Waals surface area contributed by atoms with Crippen LogP contribution in [0.1, 0.15) is 24.2 Å². The first-order valence-electron chi connectivity index (χ1n) is 10.2. The number of anilines is 3. The summed E-state index contributed by atoms with van der Waals surface area (Å²) in [6.45, 7) is 12.8. The number of fused-ring (bicyclic) bond motifs is 1. The van der Waals surface area contributed by atoms with E-state index >= 15 is 0 Å². The van der Waals surface area contributed by atoms with Gasteiger partial charge in [-0.1, -0.05) is 12.1 Å². The normalized spacial score (nSPS) is 10.7. The standard InChI is InChI=1S/C23H22N8O/c1-4-30(5-2)23-29-19(20-21(24)27-12-13-31(20)23)15-6-8-16(9-7-15)22(32)28-18-14-17(25-3)10-11-26-18/h6-14H,4-5H2,1-2H3,(H2,24,27)(H,26,28,32). The molecule has 1 aromatic carbocycles. The van der Waals surface area contributed by atoms with Crippen molar-refractivity contribution in [3.63, 3.8) is 0 Å². The van der Waals surface area contributed by atoms with Crippen LogP contribution in [0.3, 0.4) is 0 Å². The van der Waals surface area contributed by atoms with E-state index in [0.29, 0.717) is 28.6 Å². The fourth-order valence-corrected chi connectivity index (χ4v) is 3.50. The number of carbonyl (C=O) groups is 1. The monoisotopic (exact) mass is 426 g/mol. The summed E-state index contributed by atoms with van der Waals surface area (Å²) >= 11 is 0. The highest BCUT2D eigenvalue weighted by Gasteiger charge is 2.19. The molecule has 0 aliphatic rings. The molecule has 0 bridgehead atoms. The molecule has 0 saturated carbocycles. The third-order valence-electron chi connectivity index (χ3n) is 5.15. The summed E-state index contributed by atoms with van der Waals surface area (Å²) in [5, 5.41) is 2.72. The van der Waals surface area contributed by atoms with Crippen molar-refractivity contribution in [2.75, 3.05) is 29.0 Å². The first-order valence-corrected chi connectivity index (χ1v) is 10.2. The number of hydrogen-bond donors (Lipinski definition) is 2. The van der Waals surface area contributed by atoms with Crippen molar-refractivity contribution in [2.24, 2.45) is 0 Å². The predicted octanol–water partition coefficient (Wildman–Crippen LogP) is 4.02. The van der Waals surface area contributed by atoms with Crippen molar-refractivity contribution >= 4 is 34.7 Å². The molecule has 32 heavy (non-hydrogen) atoms. The van der Waals surface area contributed by atoms with E-state index in [1.807, 2.05) is 22.7 Å². The molecule has 0 fully saturated rings. The van der Waals surface area contributed by atoms with Crippen molar-refractivity contribution in [3.05, 3.63) is 72.0 Å². The van der Waals surface area contributed by atoms with Gasteiger partial charge in [0.25, 0.3) is 5.91 Å². The second kappa shape index (κ2) is 8.73. The van der Waals surface area contributed by atoms with E-state index in [1.165, 1.54) is 12.3 Å². The average molecular weight is 426 g/mol. The van der Waals surface area contributed by atoms with Gasteiger partial charge in [0, 0.05) is 42.8 Å². The molecule has 160 valence electrons. The number of aromatic nitrogens is 4. The van der Waals surface area contributed by atoms with Crippen LogP contribution in [0.25, 0.3) is 21.6 Å². The van der Waals surface area contributed by atoms with Crippen molar-refractivity contribution in [3.8, 4) is 11.3 Å². The Labute approximate surface area is 185 Å². The molecule has 0 unspecified atom stereocenters. The minimum Gasteiger partial charge on any atom is -0.382 e. The van der Waals surface area contributed by atoms with Gasteiger partial charge >= 0.3 is 0 Å². The molecule has 4 rings (SSSR count). The Kier molecular flexibility index (Phi) is 5.68. The Balaban J connectivity index is 1.67. The first-order chi connectivity index (χ1) is 15.5. The van der Waals surface area contributed by atoms with Crippen LogP contribution < -0.4 is 16.0 Å². The quantitative estimate of drug-likeness (QED) is 0.451. The minimum absolute atomic E-state index is 0.314. The van der Waals surface area contributed by atoms with Gasteiger partial charge in [0.2, 0.25) is 5.95 Å². The molecule has 3 N–H and O–H groups in total. The van der Waals surface area contributed by atoms with Gasteiger partial charge in [0.05, 0.1) is 6.57 Å². The molecular formula is C23H22N8O. The van der Waals surface area contributed by atoms with Crippen molar-refractivity contribution in [2.45, 2.75) is 13.8 Å². The molecular weight excluding hydrogens is 404 g/mol. The van der Waals surface area contributed by atoms with Crippen LogP contribution in [-0.4, -0.2) is 38.3 Å². The summed E-state index contributed by atoms with van der Waals surface area (Å²) in [6, 6.07) is 10.2. The number of nitrogen functional groups attached to an aromatic ring is 1. The Morgan fingerprint density at radius 2 is 1.91 bits per heavy atom. The zero-order valence-corrected chi connectivity index (χ0v) is 17.8. The topological polar surface area (TPSA) is 106 Å². The number of nitrogens with one attached hydrogen (secondary N) is 1. The van der Waals surface area contributed by atoms with Crippen molar-refractivity contribution in [1.82, 2.24) is 19.4 Å². The number of imidazole rings is 1.